The molecule has 1 unspecified atom stereocenters. The minimum atomic E-state index is -0.436. The Kier molecular flexibility index (Phi) is 5.59. The fraction of sp³-hybridized carbons (Fsp3) is 0.611. The molecule has 5 heteroatoms. The van der Waals surface area contributed by atoms with Gasteiger partial charge < -0.3 is 9.64 Å². The monoisotopic (exact) mass is 380 g/mol. The van der Waals surface area contributed by atoms with Crippen LogP contribution in [0.3, 0.4) is 0 Å². The van der Waals surface area contributed by atoms with E-state index in [0.29, 0.717) is 0 Å². The summed E-state index contributed by atoms with van der Waals surface area (Å²) in [6.07, 6.45) is 4.95. The van der Waals surface area contributed by atoms with Gasteiger partial charge in [-0.25, -0.2) is 0 Å². The normalized spacial score (nSPS) is 21.4. The third kappa shape index (κ3) is 4.27. The smallest absolute Gasteiger partial charge is 0.263 e. The van der Waals surface area contributed by atoms with Crippen LogP contribution in [0, 0.1) is 0 Å². The van der Waals surface area contributed by atoms with E-state index in [9.17, 15) is 4.79 Å². The van der Waals surface area contributed by atoms with E-state index < -0.39 is 6.10 Å². The van der Waals surface area contributed by atoms with Crippen LogP contribution in [0.25, 0.3) is 0 Å². The van der Waals surface area contributed by atoms with Gasteiger partial charge in [0.15, 0.2) is 6.10 Å². The molecule has 3 rings (SSSR count). The van der Waals surface area contributed by atoms with E-state index in [4.69, 9.17) is 4.74 Å². The minimum absolute atomic E-state index is 0.0963. The molecule has 1 aliphatic carbocycles. The lowest BCUT2D eigenvalue weighted by Crippen LogP contribution is -2.53. The van der Waals surface area contributed by atoms with Gasteiger partial charge in [-0.3, -0.25) is 9.69 Å². The van der Waals surface area contributed by atoms with Crippen LogP contribution in [0.2, 0.25) is 0 Å². The topological polar surface area (TPSA) is 32.8 Å². The molecule has 0 spiro atoms. The Hall–Kier alpha value is -1.07. The largest absolute Gasteiger partial charge is 0.481 e. The molecule has 126 valence electrons. The van der Waals surface area contributed by atoms with Gasteiger partial charge in [0, 0.05) is 36.7 Å². The van der Waals surface area contributed by atoms with Crippen molar-refractivity contribution in [1.82, 2.24) is 9.80 Å². The minimum Gasteiger partial charge on any atom is -0.481 e. The maximum absolute atomic E-state index is 12.6. The number of nitrogens with zero attached hydrogens (tertiary/aromatic N) is 2. The summed E-state index contributed by atoms with van der Waals surface area (Å²) >= 11 is 3.40. The lowest BCUT2D eigenvalue weighted by atomic mass is 10.1. The standard InChI is InChI=1S/C18H25BrN2O2/c1-14(23-17-8-6-15(19)7-9-17)18(22)21-12-10-20(11-13-21)16-4-2-3-5-16/h6-9,14,16H,2-5,10-13H2,1H3. The fourth-order valence-corrected chi connectivity index (χ4v) is 3.87. The molecule has 1 saturated carbocycles. The fourth-order valence-electron chi connectivity index (χ4n) is 3.60. The summed E-state index contributed by atoms with van der Waals surface area (Å²) in [7, 11) is 0. The maximum Gasteiger partial charge on any atom is 0.263 e. The Morgan fingerprint density at radius 2 is 1.74 bits per heavy atom. The molecule has 0 radical (unpaired) electrons. The number of piperazine rings is 1. The van der Waals surface area contributed by atoms with Gasteiger partial charge in [-0.15, -0.1) is 0 Å². The van der Waals surface area contributed by atoms with E-state index >= 15 is 0 Å². The first-order chi connectivity index (χ1) is 11.1. The Bertz CT molecular complexity index is 520. The SMILES string of the molecule is CC(Oc1ccc(Br)cc1)C(=O)N1CCN(C2CCCC2)CC1. The van der Waals surface area contributed by atoms with Crippen molar-refractivity contribution in [2.45, 2.75) is 44.8 Å². The summed E-state index contributed by atoms with van der Waals surface area (Å²) in [5.74, 6) is 0.831. The Labute approximate surface area is 146 Å². The number of amides is 1. The molecule has 1 amide bonds. The predicted molar refractivity (Wildman–Crippen MR) is 94.6 cm³/mol. The lowest BCUT2D eigenvalue weighted by molar-refractivity contribution is -0.140. The van der Waals surface area contributed by atoms with Gasteiger partial charge in [-0.1, -0.05) is 28.8 Å². The molecule has 1 aromatic carbocycles. The molecule has 1 aliphatic heterocycles. The average molecular weight is 381 g/mol. The van der Waals surface area contributed by atoms with Crippen molar-refractivity contribution < 1.29 is 9.53 Å². The first-order valence-corrected chi connectivity index (χ1v) is 9.38. The zero-order chi connectivity index (χ0) is 16.2. The molecule has 2 aliphatic rings. The number of carbonyl (C=O) groups excluding carboxylic acids is 1. The third-order valence-corrected chi connectivity index (χ3v) is 5.47. The molecule has 0 bridgehead atoms. The van der Waals surface area contributed by atoms with Gasteiger partial charge >= 0.3 is 0 Å². The van der Waals surface area contributed by atoms with Crippen LogP contribution >= 0.6 is 15.9 Å². The first-order valence-electron chi connectivity index (χ1n) is 8.58. The highest BCUT2D eigenvalue weighted by molar-refractivity contribution is 9.10. The van der Waals surface area contributed by atoms with Crippen LogP contribution in [-0.4, -0.2) is 54.0 Å². The van der Waals surface area contributed by atoms with Crippen LogP contribution in [0.4, 0.5) is 0 Å². The zero-order valence-electron chi connectivity index (χ0n) is 13.7. The summed E-state index contributed by atoms with van der Waals surface area (Å²) < 4.78 is 6.79. The second kappa shape index (κ2) is 7.67. The number of halogens is 1. The number of hydrogen-bond donors (Lipinski definition) is 0. The van der Waals surface area contributed by atoms with Crippen LogP contribution in [0.15, 0.2) is 28.7 Å². The van der Waals surface area contributed by atoms with E-state index in [0.717, 1.165) is 42.4 Å². The summed E-state index contributed by atoms with van der Waals surface area (Å²) in [5, 5.41) is 0. The Morgan fingerprint density at radius 1 is 1.13 bits per heavy atom. The number of carbonyl (C=O) groups is 1. The zero-order valence-corrected chi connectivity index (χ0v) is 15.3. The summed E-state index contributed by atoms with van der Waals surface area (Å²) in [6.45, 7) is 5.49. The molecular formula is C18H25BrN2O2. The highest BCUT2D eigenvalue weighted by Crippen LogP contribution is 2.24. The molecule has 0 N–H and O–H groups in total. The Balaban J connectivity index is 1.49. The third-order valence-electron chi connectivity index (χ3n) is 4.94. The summed E-state index contributed by atoms with van der Waals surface area (Å²) in [4.78, 5) is 17.1. The van der Waals surface area contributed by atoms with Crippen LogP contribution in [0.1, 0.15) is 32.6 Å². The molecule has 1 saturated heterocycles. The molecule has 4 nitrogen and oxygen atoms in total. The van der Waals surface area contributed by atoms with Gasteiger partial charge in [0.1, 0.15) is 5.75 Å². The van der Waals surface area contributed by atoms with Crippen LogP contribution < -0.4 is 4.74 Å². The number of rotatable bonds is 4. The van der Waals surface area contributed by atoms with Crippen LogP contribution in [0.5, 0.6) is 5.75 Å². The van der Waals surface area contributed by atoms with Crippen molar-refractivity contribution in [2.24, 2.45) is 0 Å². The van der Waals surface area contributed by atoms with E-state index in [1.54, 1.807) is 0 Å². The van der Waals surface area contributed by atoms with Crippen molar-refractivity contribution in [1.29, 1.82) is 0 Å². The van der Waals surface area contributed by atoms with E-state index in [1.807, 2.05) is 36.1 Å². The van der Waals surface area contributed by atoms with Crippen molar-refractivity contribution in [3.8, 4) is 5.75 Å². The van der Waals surface area contributed by atoms with Crippen molar-refractivity contribution in [3.05, 3.63) is 28.7 Å². The molecular weight excluding hydrogens is 356 g/mol. The van der Waals surface area contributed by atoms with Gasteiger partial charge in [-0.2, -0.15) is 0 Å². The van der Waals surface area contributed by atoms with Crippen molar-refractivity contribution in [2.75, 3.05) is 26.2 Å². The van der Waals surface area contributed by atoms with Gasteiger partial charge in [0.25, 0.3) is 5.91 Å². The number of benzene rings is 1. The summed E-state index contributed by atoms with van der Waals surface area (Å²) in [5.41, 5.74) is 0. The summed E-state index contributed by atoms with van der Waals surface area (Å²) in [6, 6.07) is 8.36. The van der Waals surface area contributed by atoms with Crippen LogP contribution in [-0.2, 0) is 4.79 Å². The number of ether oxygens (including phenoxy) is 1. The molecule has 1 heterocycles. The maximum atomic E-state index is 12.6. The quantitative estimate of drug-likeness (QED) is 0.803. The van der Waals surface area contributed by atoms with Gasteiger partial charge in [0.2, 0.25) is 0 Å². The van der Waals surface area contributed by atoms with E-state index in [2.05, 4.69) is 20.8 Å². The lowest BCUT2D eigenvalue weighted by Gasteiger charge is -2.38. The van der Waals surface area contributed by atoms with Gasteiger partial charge in [-0.05, 0) is 44.0 Å². The molecule has 2 fully saturated rings. The average Bonchev–Trinajstić information content (AvgIpc) is 3.11. The number of hydrogen-bond acceptors (Lipinski definition) is 3. The molecule has 23 heavy (non-hydrogen) atoms. The van der Waals surface area contributed by atoms with E-state index in [1.165, 1.54) is 25.7 Å². The highest BCUT2D eigenvalue weighted by atomic mass is 79.9. The van der Waals surface area contributed by atoms with Gasteiger partial charge in [0.05, 0.1) is 0 Å². The first kappa shape index (κ1) is 16.8. The molecule has 1 atom stereocenters. The predicted octanol–water partition coefficient (Wildman–Crippen LogP) is 3.30. The van der Waals surface area contributed by atoms with Crippen molar-refractivity contribution in [3.63, 3.8) is 0 Å². The molecule has 0 aromatic heterocycles. The van der Waals surface area contributed by atoms with Crippen molar-refractivity contribution >= 4 is 21.8 Å². The van der Waals surface area contributed by atoms with E-state index in [-0.39, 0.29) is 5.91 Å². The highest BCUT2D eigenvalue weighted by Gasteiger charge is 2.30. The second-order valence-electron chi connectivity index (χ2n) is 6.51. The second-order valence-corrected chi connectivity index (χ2v) is 7.43. The Morgan fingerprint density at radius 3 is 2.35 bits per heavy atom. The molecule has 1 aromatic rings.